The molecule has 4 saturated carbocycles. The summed E-state index contributed by atoms with van der Waals surface area (Å²) < 4.78 is 0. The largest absolute Gasteiger partial charge is 0.337 e. The summed E-state index contributed by atoms with van der Waals surface area (Å²) in [5.41, 5.74) is 0.361. The van der Waals surface area contributed by atoms with E-state index in [-0.39, 0.29) is 6.03 Å². The number of rotatable bonds is 3. The van der Waals surface area contributed by atoms with E-state index in [2.05, 4.69) is 15.6 Å². The Labute approximate surface area is 136 Å². The molecular weight excluding hydrogens is 298 g/mol. The normalized spacial score (nSPS) is 35.4. The number of nitrogens with one attached hydrogen (secondary N) is 2. The van der Waals surface area contributed by atoms with Crippen molar-refractivity contribution in [1.82, 2.24) is 10.3 Å². The second-order valence-electron chi connectivity index (χ2n) is 7.59. The van der Waals surface area contributed by atoms with Crippen LogP contribution in [0.5, 0.6) is 0 Å². The highest BCUT2D eigenvalue weighted by Gasteiger charge is 2.50. The van der Waals surface area contributed by atoms with E-state index in [0.717, 1.165) is 24.3 Å². The van der Waals surface area contributed by atoms with Crippen LogP contribution >= 0.6 is 11.6 Å². The lowest BCUT2D eigenvalue weighted by molar-refractivity contribution is -0.0496. The number of urea groups is 1. The van der Waals surface area contributed by atoms with Crippen molar-refractivity contribution in [3.05, 3.63) is 23.4 Å². The fourth-order valence-corrected chi connectivity index (χ4v) is 5.50. The average Bonchev–Trinajstić information content (AvgIpc) is 2.46. The third-order valence-electron chi connectivity index (χ3n) is 5.76. The van der Waals surface area contributed by atoms with Crippen molar-refractivity contribution >= 4 is 23.4 Å². The molecule has 5 heteroatoms. The SMILES string of the molecule is O=C(NCC12CC3CC(CC(C3)C1)C2)Nc1ccc(Cl)cn1. The third kappa shape index (κ3) is 2.81. The lowest BCUT2D eigenvalue weighted by Crippen LogP contribution is -2.51. The molecule has 4 aliphatic carbocycles. The molecule has 4 bridgehead atoms. The van der Waals surface area contributed by atoms with Crippen LogP contribution in [0.4, 0.5) is 10.6 Å². The van der Waals surface area contributed by atoms with Crippen LogP contribution in [0.25, 0.3) is 0 Å². The second-order valence-corrected chi connectivity index (χ2v) is 8.02. The van der Waals surface area contributed by atoms with Gasteiger partial charge in [-0.2, -0.15) is 0 Å². The molecule has 1 aromatic rings. The number of anilines is 1. The molecule has 4 fully saturated rings. The fraction of sp³-hybridized carbons (Fsp3) is 0.647. The first kappa shape index (κ1) is 14.3. The number of carbonyl (C=O) groups is 1. The van der Waals surface area contributed by atoms with E-state index in [1.54, 1.807) is 12.1 Å². The van der Waals surface area contributed by atoms with E-state index in [4.69, 9.17) is 11.6 Å². The summed E-state index contributed by atoms with van der Waals surface area (Å²) >= 11 is 5.80. The van der Waals surface area contributed by atoms with E-state index in [0.29, 0.717) is 16.3 Å². The van der Waals surface area contributed by atoms with Gasteiger partial charge in [-0.25, -0.2) is 9.78 Å². The van der Waals surface area contributed by atoms with Crippen LogP contribution in [0.3, 0.4) is 0 Å². The van der Waals surface area contributed by atoms with Crippen LogP contribution in [-0.2, 0) is 0 Å². The number of amides is 2. The van der Waals surface area contributed by atoms with Crippen LogP contribution in [0.15, 0.2) is 18.3 Å². The Balaban J connectivity index is 1.34. The minimum Gasteiger partial charge on any atom is -0.337 e. The number of hydrogen-bond donors (Lipinski definition) is 2. The Morgan fingerprint density at radius 2 is 1.82 bits per heavy atom. The van der Waals surface area contributed by atoms with Crippen LogP contribution in [0.2, 0.25) is 5.02 Å². The monoisotopic (exact) mass is 319 g/mol. The Hall–Kier alpha value is -1.29. The quantitative estimate of drug-likeness (QED) is 0.882. The zero-order valence-corrected chi connectivity index (χ0v) is 13.4. The summed E-state index contributed by atoms with van der Waals surface area (Å²) in [7, 11) is 0. The Kier molecular flexibility index (Phi) is 3.52. The molecular formula is C17H22ClN3O. The summed E-state index contributed by atoms with van der Waals surface area (Å²) in [6.45, 7) is 0.802. The lowest BCUT2D eigenvalue weighted by atomic mass is 9.49. The van der Waals surface area contributed by atoms with Gasteiger partial charge in [0, 0.05) is 12.7 Å². The predicted molar refractivity (Wildman–Crippen MR) is 86.9 cm³/mol. The highest BCUT2D eigenvalue weighted by Crippen LogP contribution is 2.59. The van der Waals surface area contributed by atoms with Crippen molar-refractivity contribution in [2.45, 2.75) is 38.5 Å². The maximum absolute atomic E-state index is 12.1. The van der Waals surface area contributed by atoms with Crippen molar-refractivity contribution in [2.75, 3.05) is 11.9 Å². The minimum atomic E-state index is -0.162. The minimum absolute atomic E-state index is 0.162. The number of carbonyl (C=O) groups excluding carboxylic acids is 1. The van der Waals surface area contributed by atoms with Gasteiger partial charge in [0.1, 0.15) is 5.82 Å². The summed E-state index contributed by atoms with van der Waals surface area (Å²) in [4.78, 5) is 16.2. The van der Waals surface area contributed by atoms with Gasteiger partial charge in [-0.3, -0.25) is 5.32 Å². The Morgan fingerprint density at radius 1 is 1.18 bits per heavy atom. The zero-order chi connectivity index (χ0) is 15.2. The van der Waals surface area contributed by atoms with E-state index in [1.807, 2.05) is 0 Å². The summed E-state index contributed by atoms with van der Waals surface area (Å²) in [5.74, 6) is 3.27. The van der Waals surface area contributed by atoms with Crippen LogP contribution < -0.4 is 10.6 Å². The average molecular weight is 320 g/mol. The highest BCUT2D eigenvalue weighted by molar-refractivity contribution is 6.30. The van der Waals surface area contributed by atoms with Crippen molar-refractivity contribution < 1.29 is 4.79 Å². The van der Waals surface area contributed by atoms with Gasteiger partial charge in [0.15, 0.2) is 0 Å². The number of pyridine rings is 1. The third-order valence-corrected chi connectivity index (χ3v) is 5.98. The molecule has 1 heterocycles. The molecule has 2 N–H and O–H groups in total. The molecule has 0 aromatic carbocycles. The molecule has 0 unspecified atom stereocenters. The molecule has 22 heavy (non-hydrogen) atoms. The molecule has 0 saturated heterocycles. The molecule has 4 aliphatic rings. The summed E-state index contributed by atoms with van der Waals surface area (Å²) in [6.07, 6.45) is 9.74. The maximum Gasteiger partial charge on any atom is 0.320 e. The van der Waals surface area contributed by atoms with Gasteiger partial charge < -0.3 is 5.32 Å². The van der Waals surface area contributed by atoms with Crippen molar-refractivity contribution in [2.24, 2.45) is 23.2 Å². The van der Waals surface area contributed by atoms with Gasteiger partial charge in [0.2, 0.25) is 0 Å². The van der Waals surface area contributed by atoms with Gasteiger partial charge >= 0.3 is 6.03 Å². The molecule has 0 atom stereocenters. The van der Waals surface area contributed by atoms with E-state index in [1.165, 1.54) is 44.7 Å². The molecule has 0 spiro atoms. The second kappa shape index (κ2) is 5.41. The van der Waals surface area contributed by atoms with Gasteiger partial charge in [0.25, 0.3) is 0 Å². The highest BCUT2D eigenvalue weighted by atomic mass is 35.5. The van der Waals surface area contributed by atoms with E-state index >= 15 is 0 Å². The topological polar surface area (TPSA) is 54.0 Å². The molecule has 0 aliphatic heterocycles. The standard InChI is InChI=1S/C17H22ClN3O/c18-14-1-2-15(19-9-14)21-16(22)20-10-17-6-11-3-12(7-17)5-13(4-11)8-17/h1-2,9,11-13H,3-8,10H2,(H2,19,20,21,22). The van der Waals surface area contributed by atoms with Crippen molar-refractivity contribution in [3.63, 3.8) is 0 Å². The zero-order valence-electron chi connectivity index (χ0n) is 12.6. The van der Waals surface area contributed by atoms with Crippen molar-refractivity contribution in [1.29, 1.82) is 0 Å². The first-order valence-electron chi connectivity index (χ1n) is 8.27. The summed E-state index contributed by atoms with van der Waals surface area (Å²) in [6, 6.07) is 3.28. The molecule has 1 aromatic heterocycles. The summed E-state index contributed by atoms with van der Waals surface area (Å²) in [5, 5.41) is 6.43. The van der Waals surface area contributed by atoms with Gasteiger partial charge in [0.05, 0.1) is 5.02 Å². The number of nitrogens with zero attached hydrogens (tertiary/aromatic N) is 1. The first-order valence-corrected chi connectivity index (χ1v) is 8.64. The van der Waals surface area contributed by atoms with Crippen molar-refractivity contribution in [3.8, 4) is 0 Å². The van der Waals surface area contributed by atoms with Gasteiger partial charge in [-0.05, 0) is 73.8 Å². The first-order chi connectivity index (χ1) is 10.6. The molecule has 0 radical (unpaired) electrons. The van der Waals surface area contributed by atoms with Crippen LogP contribution in [0, 0.1) is 23.2 Å². The molecule has 118 valence electrons. The maximum atomic E-state index is 12.1. The predicted octanol–water partition coefficient (Wildman–Crippen LogP) is 4.07. The number of aromatic nitrogens is 1. The Morgan fingerprint density at radius 3 is 2.36 bits per heavy atom. The smallest absolute Gasteiger partial charge is 0.320 e. The fourth-order valence-electron chi connectivity index (χ4n) is 5.38. The van der Waals surface area contributed by atoms with Crippen LogP contribution in [0.1, 0.15) is 38.5 Å². The molecule has 4 nitrogen and oxygen atoms in total. The Bertz CT molecular complexity index is 536. The van der Waals surface area contributed by atoms with E-state index < -0.39 is 0 Å². The van der Waals surface area contributed by atoms with E-state index in [9.17, 15) is 4.79 Å². The van der Waals surface area contributed by atoms with Gasteiger partial charge in [-0.1, -0.05) is 11.6 Å². The molecule has 2 amide bonds. The molecule has 5 rings (SSSR count). The van der Waals surface area contributed by atoms with Crippen LogP contribution in [-0.4, -0.2) is 17.6 Å². The van der Waals surface area contributed by atoms with Gasteiger partial charge in [-0.15, -0.1) is 0 Å². The lowest BCUT2D eigenvalue weighted by Gasteiger charge is -2.56. The number of hydrogen-bond acceptors (Lipinski definition) is 2. The number of halogens is 1.